The van der Waals surface area contributed by atoms with Crippen LogP contribution < -0.4 is 10.5 Å². The Kier molecular flexibility index (Phi) is 2.80. The minimum Gasteiger partial charge on any atom is -0.456 e. The molecule has 0 aliphatic heterocycles. The number of anilines is 1. The van der Waals surface area contributed by atoms with Crippen molar-refractivity contribution < 1.29 is 4.74 Å². The normalized spacial score (nSPS) is 10.6. The lowest BCUT2D eigenvalue weighted by atomic mass is 10.1. The molecule has 0 saturated heterocycles. The summed E-state index contributed by atoms with van der Waals surface area (Å²) >= 11 is 0. The summed E-state index contributed by atoms with van der Waals surface area (Å²) in [6.45, 7) is 1.95. The highest BCUT2D eigenvalue weighted by Gasteiger charge is 2.07. The molecule has 3 heteroatoms. The molecule has 2 aromatic carbocycles. The molecule has 1 heterocycles. The number of hydrogen-bond donors (Lipinski definition) is 1. The number of para-hydroxylation sites is 1. The average Bonchev–Trinajstić information content (AvgIpc) is 2.44. The molecule has 3 nitrogen and oxygen atoms in total. The van der Waals surface area contributed by atoms with Crippen molar-refractivity contribution in [2.45, 2.75) is 6.92 Å². The van der Waals surface area contributed by atoms with Crippen LogP contribution in [0, 0.1) is 6.92 Å². The third kappa shape index (κ3) is 2.10. The minimum atomic E-state index is 0.732. The van der Waals surface area contributed by atoms with Crippen molar-refractivity contribution in [3.8, 4) is 11.5 Å². The second-order valence-electron chi connectivity index (χ2n) is 4.40. The van der Waals surface area contributed by atoms with E-state index >= 15 is 0 Å². The Balaban J connectivity index is 2.09. The number of pyridine rings is 1. The highest BCUT2D eigenvalue weighted by Crippen LogP contribution is 2.32. The van der Waals surface area contributed by atoms with Gasteiger partial charge in [0.2, 0.25) is 0 Å². The summed E-state index contributed by atoms with van der Waals surface area (Å²) < 4.78 is 5.98. The van der Waals surface area contributed by atoms with Crippen molar-refractivity contribution in [1.29, 1.82) is 0 Å². The van der Waals surface area contributed by atoms with E-state index in [1.54, 1.807) is 6.20 Å². The number of nitrogen functional groups attached to an aromatic ring is 1. The van der Waals surface area contributed by atoms with Crippen LogP contribution in [0.25, 0.3) is 10.9 Å². The fourth-order valence-corrected chi connectivity index (χ4v) is 2.02. The number of rotatable bonds is 2. The van der Waals surface area contributed by atoms with Gasteiger partial charge < -0.3 is 10.5 Å². The van der Waals surface area contributed by atoms with Gasteiger partial charge in [-0.1, -0.05) is 18.2 Å². The van der Waals surface area contributed by atoms with Gasteiger partial charge in [0.1, 0.15) is 11.5 Å². The minimum absolute atomic E-state index is 0.732. The van der Waals surface area contributed by atoms with Crippen LogP contribution >= 0.6 is 0 Å². The molecule has 3 rings (SSSR count). The summed E-state index contributed by atoms with van der Waals surface area (Å²) in [5.74, 6) is 1.57. The summed E-state index contributed by atoms with van der Waals surface area (Å²) in [5, 5.41) is 0.992. The molecule has 1 aromatic heterocycles. The molecule has 0 aliphatic rings. The zero-order chi connectivity index (χ0) is 13.2. The predicted octanol–water partition coefficient (Wildman–Crippen LogP) is 3.92. The van der Waals surface area contributed by atoms with Gasteiger partial charge in [-0.25, -0.2) is 0 Å². The van der Waals surface area contributed by atoms with Gasteiger partial charge in [-0.2, -0.15) is 0 Å². The molecule has 0 fully saturated rings. The summed E-state index contributed by atoms with van der Waals surface area (Å²) in [4.78, 5) is 4.32. The Bertz CT molecular complexity index is 732. The lowest BCUT2D eigenvalue weighted by Gasteiger charge is -2.11. The van der Waals surface area contributed by atoms with E-state index in [4.69, 9.17) is 10.5 Å². The molecule has 0 saturated carbocycles. The monoisotopic (exact) mass is 250 g/mol. The molecule has 94 valence electrons. The van der Waals surface area contributed by atoms with Crippen LogP contribution in [0.2, 0.25) is 0 Å². The molecule has 2 N–H and O–H groups in total. The second kappa shape index (κ2) is 4.61. The van der Waals surface area contributed by atoms with E-state index in [-0.39, 0.29) is 0 Å². The van der Waals surface area contributed by atoms with Gasteiger partial charge in [0.15, 0.2) is 0 Å². The fraction of sp³-hybridized carbons (Fsp3) is 0.0625. The fourth-order valence-electron chi connectivity index (χ4n) is 2.02. The molecule has 0 amide bonds. The molecular formula is C16H14N2O. The van der Waals surface area contributed by atoms with Gasteiger partial charge in [-0.3, -0.25) is 4.98 Å². The van der Waals surface area contributed by atoms with Crippen molar-refractivity contribution in [2.24, 2.45) is 0 Å². The third-order valence-electron chi connectivity index (χ3n) is 3.15. The van der Waals surface area contributed by atoms with E-state index in [1.807, 2.05) is 55.5 Å². The van der Waals surface area contributed by atoms with Crippen molar-refractivity contribution in [2.75, 3.05) is 5.73 Å². The highest BCUT2D eigenvalue weighted by molar-refractivity contribution is 5.85. The Hall–Kier alpha value is -2.55. The molecule has 0 unspecified atom stereocenters. The number of aromatic nitrogens is 1. The van der Waals surface area contributed by atoms with Crippen LogP contribution in [-0.2, 0) is 0 Å². The zero-order valence-corrected chi connectivity index (χ0v) is 10.6. The first kappa shape index (κ1) is 11.5. The lowest BCUT2D eigenvalue weighted by molar-refractivity contribution is 0.484. The Morgan fingerprint density at radius 3 is 2.68 bits per heavy atom. The number of nitrogens with zero attached hydrogens (tertiary/aromatic N) is 1. The molecule has 19 heavy (non-hydrogen) atoms. The molecule has 3 aromatic rings. The number of ether oxygens (including phenoxy) is 1. The third-order valence-corrected chi connectivity index (χ3v) is 3.15. The number of nitrogens with two attached hydrogens (primary N) is 1. The van der Waals surface area contributed by atoms with Gasteiger partial charge in [0.25, 0.3) is 0 Å². The smallest absolute Gasteiger partial charge is 0.138 e. The number of hydrogen-bond acceptors (Lipinski definition) is 3. The summed E-state index contributed by atoms with van der Waals surface area (Å²) in [7, 11) is 0. The van der Waals surface area contributed by atoms with E-state index in [0.29, 0.717) is 0 Å². The zero-order valence-electron chi connectivity index (χ0n) is 10.6. The van der Waals surface area contributed by atoms with Crippen LogP contribution in [0.5, 0.6) is 11.5 Å². The largest absolute Gasteiger partial charge is 0.456 e. The summed E-state index contributed by atoms with van der Waals surface area (Å²) in [5.41, 5.74) is 8.49. The number of fused-ring (bicyclic) bond motifs is 1. The molecule has 0 aliphatic carbocycles. The van der Waals surface area contributed by atoms with Crippen LogP contribution in [0.1, 0.15) is 5.56 Å². The number of benzene rings is 2. The molecule has 0 bridgehead atoms. The van der Waals surface area contributed by atoms with E-state index in [9.17, 15) is 0 Å². The van der Waals surface area contributed by atoms with Gasteiger partial charge in [-0.05, 0) is 37.3 Å². The van der Waals surface area contributed by atoms with Gasteiger partial charge in [0.05, 0.1) is 5.52 Å². The maximum atomic E-state index is 5.98. The highest BCUT2D eigenvalue weighted by atomic mass is 16.5. The maximum absolute atomic E-state index is 5.98. The first-order valence-corrected chi connectivity index (χ1v) is 6.12. The van der Waals surface area contributed by atoms with Gasteiger partial charge >= 0.3 is 0 Å². The van der Waals surface area contributed by atoms with E-state index < -0.39 is 0 Å². The SMILES string of the molecule is Cc1c(N)cccc1Oc1ccnc2ccccc12. The summed E-state index contributed by atoms with van der Waals surface area (Å²) in [6.07, 6.45) is 1.75. The maximum Gasteiger partial charge on any atom is 0.138 e. The molecule has 0 spiro atoms. The quantitative estimate of drug-likeness (QED) is 0.701. The van der Waals surface area contributed by atoms with Crippen molar-refractivity contribution in [3.63, 3.8) is 0 Å². The molecule has 0 radical (unpaired) electrons. The van der Waals surface area contributed by atoms with Crippen molar-refractivity contribution in [3.05, 3.63) is 60.3 Å². The molecular weight excluding hydrogens is 236 g/mol. The predicted molar refractivity (Wildman–Crippen MR) is 77.4 cm³/mol. The second-order valence-corrected chi connectivity index (χ2v) is 4.40. The first-order valence-electron chi connectivity index (χ1n) is 6.12. The van der Waals surface area contributed by atoms with Crippen molar-refractivity contribution >= 4 is 16.6 Å². The topological polar surface area (TPSA) is 48.1 Å². The van der Waals surface area contributed by atoms with Crippen LogP contribution in [0.4, 0.5) is 5.69 Å². The average molecular weight is 250 g/mol. The Morgan fingerprint density at radius 1 is 0.947 bits per heavy atom. The van der Waals surface area contributed by atoms with Gasteiger partial charge in [0, 0.05) is 22.8 Å². The Labute approximate surface area is 111 Å². The van der Waals surface area contributed by atoms with E-state index in [1.165, 1.54) is 0 Å². The van der Waals surface area contributed by atoms with Crippen LogP contribution in [0.3, 0.4) is 0 Å². The lowest BCUT2D eigenvalue weighted by Crippen LogP contribution is -1.94. The van der Waals surface area contributed by atoms with Crippen LogP contribution in [-0.4, -0.2) is 4.98 Å². The van der Waals surface area contributed by atoms with E-state index in [0.717, 1.165) is 33.7 Å². The first-order chi connectivity index (χ1) is 9.25. The molecule has 0 atom stereocenters. The van der Waals surface area contributed by atoms with E-state index in [2.05, 4.69) is 4.98 Å². The van der Waals surface area contributed by atoms with Crippen LogP contribution in [0.15, 0.2) is 54.7 Å². The van der Waals surface area contributed by atoms with Gasteiger partial charge in [-0.15, -0.1) is 0 Å². The summed E-state index contributed by atoms with van der Waals surface area (Å²) in [6, 6.07) is 15.4. The Morgan fingerprint density at radius 2 is 1.79 bits per heavy atom. The van der Waals surface area contributed by atoms with Crippen molar-refractivity contribution in [1.82, 2.24) is 4.98 Å². The standard InChI is InChI=1S/C16H14N2O/c1-11-13(17)6-4-8-15(11)19-16-9-10-18-14-7-3-2-5-12(14)16/h2-10H,17H2,1H3.